The molecule has 0 amide bonds. The summed E-state index contributed by atoms with van der Waals surface area (Å²) < 4.78 is 0. The summed E-state index contributed by atoms with van der Waals surface area (Å²) >= 11 is 0. The quantitative estimate of drug-likeness (QED) is 0.369. The van der Waals surface area contributed by atoms with Crippen LogP contribution in [-0.4, -0.2) is 35.6 Å². The van der Waals surface area contributed by atoms with Gasteiger partial charge in [-0.2, -0.15) is 0 Å². The third kappa shape index (κ3) is 3.47. The smallest absolute Gasteiger partial charge is 0.153 e. The van der Waals surface area contributed by atoms with Gasteiger partial charge in [0.25, 0.3) is 0 Å². The van der Waals surface area contributed by atoms with Gasteiger partial charge in [-0.25, -0.2) is 0 Å². The van der Waals surface area contributed by atoms with Gasteiger partial charge in [0.05, 0.1) is 6.54 Å². The van der Waals surface area contributed by atoms with Crippen LogP contribution in [0.25, 0.3) is 0 Å². The zero-order valence-corrected chi connectivity index (χ0v) is 11.5. The van der Waals surface area contributed by atoms with Crippen LogP contribution in [0.3, 0.4) is 0 Å². The molecule has 0 radical (unpaired) electrons. The molecule has 1 atom stereocenters. The number of rotatable bonds is 5. The highest BCUT2D eigenvalue weighted by molar-refractivity contribution is 5.81. The largest absolute Gasteiger partial charge is 0.409 e. The number of amidine groups is 1. The lowest BCUT2D eigenvalue weighted by Crippen LogP contribution is -2.37. The minimum absolute atomic E-state index is 0.283. The van der Waals surface area contributed by atoms with Crippen molar-refractivity contribution in [3.05, 3.63) is 35.4 Å². The zero-order valence-electron chi connectivity index (χ0n) is 11.5. The third-order valence-corrected chi connectivity index (χ3v) is 3.93. The summed E-state index contributed by atoms with van der Waals surface area (Å²) in [7, 11) is 0. The van der Waals surface area contributed by atoms with Crippen LogP contribution < -0.4 is 5.73 Å². The molecule has 0 bridgehead atoms. The van der Waals surface area contributed by atoms with E-state index in [1.54, 1.807) is 0 Å². The lowest BCUT2D eigenvalue weighted by molar-refractivity contribution is 0.279. The van der Waals surface area contributed by atoms with E-state index >= 15 is 0 Å². The molecule has 0 aromatic heterocycles. The van der Waals surface area contributed by atoms with E-state index in [0.29, 0.717) is 12.5 Å². The van der Waals surface area contributed by atoms with Crippen LogP contribution in [0.2, 0.25) is 0 Å². The summed E-state index contributed by atoms with van der Waals surface area (Å²) in [4.78, 5) is 2.24. The molecule has 4 nitrogen and oxygen atoms in total. The fraction of sp³-hybridized carbons (Fsp3) is 0.533. The number of fused-ring (bicyclic) bond motifs is 1. The van der Waals surface area contributed by atoms with Gasteiger partial charge < -0.3 is 10.9 Å². The molecule has 104 valence electrons. The van der Waals surface area contributed by atoms with E-state index in [-0.39, 0.29) is 5.84 Å². The van der Waals surface area contributed by atoms with Gasteiger partial charge in [-0.15, -0.1) is 0 Å². The van der Waals surface area contributed by atoms with Crippen molar-refractivity contribution < 1.29 is 5.21 Å². The average molecular weight is 261 g/mol. The predicted molar refractivity (Wildman–Crippen MR) is 77.6 cm³/mol. The van der Waals surface area contributed by atoms with Gasteiger partial charge >= 0.3 is 0 Å². The average Bonchev–Trinajstić information content (AvgIpc) is 2.46. The van der Waals surface area contributed by atoms with Crippen LogP contribution >= 0.6 is 0 Å². The summed E-state index contributed by atoms with van der Waals surface area (Å²) in [5, 5.41) is 11.7. The second-order valence-corrected chi connectivity index (χ2v) is 5.21. The topological polar surface area (TPSA) is 61.8 Å². The van der Waals surface area contributed by atoms with Crippen LogP contribution in [0.15, 0.2) is 29.4 Å². The van der Waals surface area contributed by atoms with Crippen molar-refractivity contribution in [1.29, 1.82) is 0 Å². The van der Waals surface area contributed by atoms with Crippen LogP contribution in [0.4, 0.5) is 0 Å². The van der Waals surface area contributed by atoms with E-state index in [9.17, 15) is 0 Å². The summed E-state index contributed by atoms with van der Waals surface area (Å²) in [6.07, 6.45) is 3.67. The van der Waals surface area contributed by atoms with Gasteiger partial charge in [-0.05, 0) is 42.9 Å². The number of aryl methyl sites for hydroxylation is 1. The van der Waals surface area contributed by atoms with Gasteiger partial charge in [0.1, 0.15) is 0 Å². The van der Waals surface area contributed by atoms with Crippen molar-refractivity contribution in [3.63, 3.8) is 0 Å². The Morgan fingerprint density at radius 2 is 2.26 bits per heavy atom. The minimum atomic E-state index is 0.283. The minimum Gasteiger partial charge on any atom is -0.409 e. The number of hydrogen-bond donors (Lipinski definition) is 2. The highest BCUT2D eigenvalue weighted by Gasteiger charge is 2.21. The Morgan fingerprint density at radius 1 is 1.47 bits per heavy atom. The fourth-order valence-corrected chi connectivity index (χ4v) is 2.92. The van der Waals surface area contributed by atoms with Gasteiger partial charge in [-0.3, -0.25) is 4.90 Å². The Balaban J connectivity index is 2.06. The zero-order chi connectivity index (χ0) is 13.7. The molecule has 1 aromatic carbocycles. The van der Waals surface area contributed by atoms with Crippen LogP contribution in [-0.2, 0) is 6.42 Å². The molecule has 3 N–H and O–H groups in total. The molecule has 4 heteroatoms. The number of hydrogen-bond acceptors (Lipinski definition) is 3. The fourth-order valence-electron chi connectivity index (χ4n) is 2.92. The van der Waals surface area contributed by atoms with Crippen molar-refractivity contribution in [2.75, 3.05) is 19.6 Å². The van der Waals surface area contributed by atoms with Crippen molar-refractivity contribution in [2.45, 2.75) is 32.1 Å². The monoisotopic (exact) mass is 261 g/mol. The number of nitrogens with zero attached hydrogens (tertiary/aromatic N) is 2. The molecule has 1 aromatic rings. The molecule has 0 fully saturated rings. The highest BCUT2D eigenvalue weighted by Crippen LogP contribution is 2.31. The van der Waals surface area contributed by atoms with E-state index in [0.717, 1.165) is 13.1 Å². The molecular weight excluding hydrogens is 238 g/mol. The third-order valence-electron chi connectivity index (χ3n) is 3.93. The van der Waals surface area contributed by atoms with E-state index in [2.05, 4.69) is 41.2 Å². The Labute approximate surface area is 114 Å². The maximum absolute atomic E-state index is 8.68. The van der Waals surface area contributed by atoms with Gasteiger partial charge in [0, 0.05) is 6.54 Å². The Kier molecular flexibility index (Phi) is 4.80. The first kappa shape index (κ1) is 13.9. The number of nitrogens with two attached hydrogens (primary N) is 1. The summed E-state index contributed by atoms with van der Waals surface area (Å²) in [6, 6.07) is 8.73. The van der Waals surface area contributed by atoms with E-state index in [1.807, 2.05) is 0 Å². The molecule has 0 saturated heterocycles. The van der Waals surface area contributed by atoms with Gasteiger partial charge in [0.2, 0.25) is 0 Å². The molecule has 1 unspecified atom stereocenters. The maximum atomic E-state index is 8.68. The molecule has 0 spiro atoms. The molecule has 0 heterocycles. The Morgan fingerprint density at radius 3 is 3.00 bits per heavy atom. The second kappa shape index (κ2) is 6.57. The summed E-state index contributed by atoms with van der Waals surface area (Å²) in [5.41, 5.74) is 8.57. The highest BCUT2D eigenvalue weighted by atomic mass is 16.4. The SMILES string of the molecule is CCN(CC(N)=NO)CC1CCCc2ccccc21. The van der Waals surface area contributed by atoms with Crippen molar-refractivity contribution in [1.82, 2.24) is 4.90 Å². The first-order valence-corrected chi connectivity index (χ1v) is 7.01. The lowest BCUT2D eigenvalue weighted by Gasteiger charge is -2.30. The lowest BCUT2D eigenvalue weighted by atomic mass is 9.82. The number of likely N-dealkylation sites (N-methyl/N-ethyl adjacent to an activating group) is 1. The van der Waals surface area contributed by atoms with Gasteiger partial charge in [-0.1, -0.05) is 36.3 Å². The Hall–Kier alpha value is -1.55. The van der Waals surface area contributed by atoms with Gasteiger partial charge in [0.15, 0.2) is 5.84 Å². The first-order valence-electron chi connectivity index (χ1n) is 7.01. The van der Waals surface area contributed by atoms with Crippen LogP contribution in [0, 0.1) is 0 Å². The molecule has 0 aliphatic heterocycles. The molecule has 0 saturated carbocycles. The molecule has 19 heavy (non-hydrogen) atoms. The van der Waals surface area contributed by atoms with E-state index < -0.39 is 0 Å². The number of benzene rings is 1. The van der Waals surface area contributed by atoms with Crippen molar-refractivity contribution in [2.24, 2.45) is 10.9 Å². The van der Waals surface area contributed by atoms with Crippen molar-refractivity contribution in [3.8, 4) is 0 Å². The second-order valence-electron chi connectivity index (χ2n) is 5.21. The predicted octanol–water partition coefficient (Wildman–Crippen LogP) is 2.17. The summed E-state index contributed by atoms with van der Waals surface area (Å²) in [6.45, 7) is 4.53. The summed E-state index contributed by atoms with van der Waals surface area (Å²) in [5.74, 6) is 0.849. The maximum Gasteiger partial charge on any atom is 0.153 e. The van der Waals surface area contributed by atoms with Crippen LogP contribution in [0.1, 0.15) is 36.8 Å². The number of oxime groups is 1. The van der Waals surface area contributed by atoms with Crippen molar-refractivity contribution >= 4 is 5.84 Å². The molecule has 2 rings (SSSR count). The molecule has 1 aliphatic rings. The normalized spacial score (nSPS) is 19.5. The Bertz CT molecular complexity index is 445. The standard InChI is InChI=1S/C15H23N3O/c1-2-18(11-15(16)17-19)10-13-8-5-7-12-6-3-4-9-14(12)13/h3-4,6,9,13,19H,2,5,7-8,10-11H2,1H3,(H2,16,17). The van der Waals surface area contributed by atoms with Crippen LogP contribution in [0.5, 0.6) is 0 Å². The van der Waals surface area contributed by atoms with E-state index in [1.165, 1.54) is 30.4 Å². The molecular formula is C15H23N3O. The van der Waals surface area contributed by atoms with E-state index in [4.69, 9.17) is 10.9 Å². The first-order chi connectivity index (χ1) is 9.24. The molecule has 1 aliphatic carbocycles.